The van der Waals surface area contributed by atoms with Gasteiger partial charge in [-0.25, -0.2) is 8.42 Å². The van der Waals surface area contributed by atoms with Gasteiger partial charge in [-0.05, 0) is 42.0 Å². The number of halogens is 1. The van der Waals surface area contributed by atoms with Crippen LogP contribution in [0.2, 0.25) is 5.02 Å². The van der Waals surface area contributed by atoms with Crippen LogP contribution in [0.5, 0.6) is 5.75 Å². The Balaban J connectivity index is 2.41. The molecule has 6 heteroatoms. The standard InChI is InChI=1S/C15H16ClNO3S/c1-20-13-6-2-11(3-7-13)15(10-17)21(18,19)14-8-4-12(16)5-9-14/h2-9,15H,10,17H2,1H3/p+1/t15-/m1/s1. The summed E-state index contributed by atoms with van der Waals surface area (Å²) in [6.45, 7) is 0.247. The van der Waals surface area contributed by atoms with Crippen molar-refractivity contribution in [2.75, 3.05) is 13.7 Å². The lowest BCUT2D eigenvalue weighted by Gasteiger charge is -2.15. The van der Waals surface area contributed by atoms with Crippen molar-refractivity contribution in [3.63, 3.8) is 0 Å². The summed E-state index contributed by atoms with van der Waals surface area (Å²) in [7, 11) is -1.93. The highest BCUT2D eigenvalue weighted by atomic mass is 35.5. The molecule has 21 heavy (non-hydrogen) atoms. The molecule has 0 spiro atoms. The lowest BCUT2D eigenvalue weighted by Crippen LogP contribution is -2.54. The molecule has 0 aliphatic carbocycles. The molecular formula is C15H17ClNO3S+. The molecule has 0 saturated heterocycles. The van der Waals surface area contributed by atoms with E-state index < -0.39 is 15.1 Å². The van der Waals surface area contributed by atoms with Crippen molar-refractivity contribution in [3.8, 4) is 5.75 Å². The molecular weight excluding hydrogens is 310 g/mol. The first-order valence-corrected chi connectivity index (χ1v) is 8.34. The van der Waals surface area contributed by atoms with E-state index in [1.54, 1.807) is 43.5 Å². The van der Waals surface area contributed by atoms with Gasteiger partial charge in [0.25, 0.3) is 0 Å². The first-order chi connectivity index (χ1) is 9.98. The lowest BCUT2D eigenvalue weighted by atomic mass is 10.1. The Labute approximate surface area is 129 Å². The molecule has 0 aliphatic heterocycles. The summed E-state index contributed by atoms with van der Waals surface area (Å²) in [5, 5.41) is -0.186. The van der Waals surface area contributed by atoms with Crippen LogP contribution in [-0.2, 0) is 9.84 Å². The molecule has 1 atom stereocenters. The van der Waals surface area contributed by atoms with Crippen molar-refractivity contribution in [2.24, 2.45) is 0 Å². The number of rotatable bonds is 5. The summed E-state index contributed by atoms with van der Waals surface area (Å²) in [4.78, 5) is 0.247. The minimum Gasteiger partial charge on any atom is -0.497 e. The normalized spacial score (nSPS) is 12.9. The number of ether oxygens (including phenoxy) is 1. The smallest absolute Gasteiger partial charge is 0.190 e. The first kappa shape index (κ1) is 15.8. The van der Waals surface area contributed by atoms with Crippen LogP contribution in [0.25, 0.3) is 0 Å². The van der Waals surface area contributed by atoms with E-state index in [1.807, 2.05) is 0 Å². The highest BCUT2D eigenvalue weighted by Gasteiger charge is 2.29. The van der Waals surface area contributed by atoms with Gasteiger partial charge in [-0.2, -0.15) is 0 Å². The Morgan fingerprint density at radius 2 is 1.67 bits per heavy atom. The van der Waals surface area contributed by atoms with Gasteiger partial charge in [-0.1, -0.05) is 23.7 Å². The third kappa shape index (κ3) is 3.37. The molecule has 2 aromatic rings. The van der Waals surface area contributed by atoms with Gasteiger partial charge in [-0.3, -0.25) is 0 Å². The lowest BCUT2D eigenvalue weighted by molar-refractivity contribution is -0.367. The van der Waals surface area contributed by atoms with Crippen LogP contribution in [0.15, 0.2) is 53.4 Å². The van der Waals surface area contributed by atoms with Crippen molar-refractivity contribution in [1.29, 1.82) is 0 Å². The predicted molar refractivity (Wildman–Crippen MR) is 82.1 cm³/mol. The van der Waals surface area contributed by atoms with Gasteiger partial charge in [0.15, 0.2) is 9.84 Å². The largest absolute Gasteiger partial charge is 0.497 e. The second-order valence-corrected chi connectivity index (χ2v) is 7.12. The van der Waals surface area contributed by atoms with E-state index in [4.69, 9.17) is 16.3 Å². The van der Waals surface area contributed by atoms with Crippen molar-refractivity contribution in [3.05, 3.63) is 59.1 Å². The molecule has 0 fully saturated rings. The van der Waals surface area contributed by atoms with Crippen LogP contribution in [0.4, 0.5) is 0 Å². The second kappa shape index (κ2) is 6.47. The SMILES string of the molecule is COc1ccc([C@@H](C[NH3+])S(=O)(=O)c2ccc(Cl)cc2)cc1. The molecule has 0 radical (unpaired) electrons. The highest BCUT2D eigenvalue weighted by molar-refractivity contribution is 7.91. The van der Waals surface area contributed by atoms with Gasteiger partial charge in [-0.15, -0.1) is 0 Å². The zero-order valence-electron chi connectivity index (χ0n) is 11.6. The maximum atomic E-state index is 12.7. The van der Waals surface area contributed by atoms with E-state index in [-0.39, 0.29) is 11.4 Å². The molecule has 0 aromatic heterocycles. The molecule has 3 N–H and O–H groups in total. The summed E-state index contributed by atoms with van der Waals surface area (Å²) in [5.41, 5.74) is 4.47. The van der Waals surface area contributed by atoms with Crippen LogP contribution in [0.1, 0.15) is 10.8 Å². The van der Waals surface area contributed by atoms with Crippen molar-refractivity contribution in [2.45, 2.75) is 10.1 Å². The number of quaternary nitrogens is 1. The Kier molecular flexibility index (Phi) is 4.88. The van der Waals surface area contributed by atoms with Crippen LogP contribution >= 0.6 is 11.6 Å². The van der Waals surface area contributed by atoms with Crippen molar-refractivity contribution in [1.82, 2.24) is 0 Å². The van der Waals surface area contributed by atoms with Crippen LogP contribution < -0.4 is 10.5 Å². The molecule has 0 aliphatic rings. The topological polar surface area (TPSA) is 71.0 Å². The summed E-state index contributed by atoms with van der Waals surface area (Å²) in [5.74, 6) is 0.686. The number of hydrogen-bond acceptors (Lipinski definition) is 3. The van der Waals surface area contributed by atoms with Crippen molar-refractivity contribution < 1.29 is 18.9 Å². The molecule has 112 valence electrons. The summed E-state index contributed by atoms with van der Waals surface area (Å²) >= 11 is 5.80. The quantitative estimate of drug-likeness (QED) is 0.914. The van der Waals surface area contributed by atoms with Gasteiger partial charge in [0.2, 0.25) is 0 Å². The Bertz CT molecular complexity index is 697. The molecule has 4 nitrogen and oxygen atoms in total. The summed E-state index contributed by atoms with van der Waals surface area (Å²) < 4.78 is 30.5. The number of hydrogen-bond donors (Lipinski definition) is 1. The van der Waals surface area contributed by atoms with Gasteiger partial charge < -0.3 is 10.5 Å². The minimum absolute atomic E-state index is 0.247. The second-order valence-electron chi connectivity index (χ2n) is 4.55. The van der Waals surface area contributed by atoms with E-state index in [0.717, 1.165) is 0 Å². The van der Waals surface area contributed by atoms with Gasteiger partial charge in [0.1, 0.15) is 11.0 Å². The molecule has 2 rings (SSSR count). The van der Waals surface area contributed by atoms with Crippen molar-refractivity contribution >= 4 is 21.4 Å². The monoisotopic (exact) mass is 326 g/mol. The van der Waals surface area contributed by atoms with E-state index in [2.05, 4.69) is 5.73 Å². The average molecular weight is 327 g/mol. The third-order valence-corrected chi connectivity index (χ3v) is 5.70. The minimum atomic E-state index is -3.50. The zero-order valence-corrected chi connectivity index (χ0v) is 13.2. The molecule has 0 heterocycles. The van der Waals surface area contributed by atoms with E-state index >= 15 is 0 Å². The van der Waals surface area contributed by atoms with E-state index in [0.29, 0.717) is 16.3 Å². The fraction of sp³-hybridized carbons (Fsp3) is 0.200. The third-order valence-electron chi connectivity index (χ3n) is 3.27. The molecule has 0 unspecified atom stereocenters. The first-order valence-electron chi connectivity index (χ1n) is 6.41. The molecule has 0 bridgehead atoms. The Morgan fingerprint density at radius 3 is 2.14 bits per heavy atom. The number of benzene rings is 2. The van der Waals surface area contributed by atoms with Gasteiger partial charge in [0.05, 0.1) is 18.6 Å². The molecule has 0 amide bonds. The van der Waals surface area contributed by atoms with E-state index in [9.17, 15) is 8.42 Å². The van der Waals surface area contributed by atoms with E-state index in [1.165, 1.54) is 12.1 Å². The fourth-order valence-corrected chi connectivity index (χ4v) is 3.90. The van der Waals surface area contributed by atoms with Crippen LogP contribution in [0.3, 0.4) is 0 Å². The predicted octanol–water partition coefficient (Wildman–Crippen LogP) is 2.11. The number of methoxy groups -OCH3 is 1. The maximum Gasteiger partial charge on any atom is 0.190 e. The van der Waals surface area contributed by atoms with Crippen LogP contribution in [0, 0.1) is 0 Å². The van der Waals surface area contributed by atoms with Gasteiger partial charge in [0, 0.05) is 5.02 Å². The van der Waals surface area contributed by atoms with Crippen LogP contribution in [-0.4, -0.2) is 22.1 Å². The summed E-state index contributed by atoms with van der Waals surface area (Å²) in [6.07, 6.45) is 0. The Morgan fingerprint density at radius 1 is 1.10 bits per heavy atom. The average Bonchev–Trinajstić information content (AvgIpc) is 2.49. The maximum absolute atomic E-state index is 12.7. The molecule has 2 aromatic carbocycles. The zero-order chi connectivity index (χ0) is 15.5. The highest BCUT2D eigenvalue weighted by Crippen LogP contribution is 2.29. The molecule has 0 saturated carbocycles. The number of sulfone groups is 1. The van der Waals surface area contributed by atoms with Gasteiger partial charge >= 0.3 is 0 Å². The summed E-state index contributed by atoms with van der Waals surface area (Å²) in [6, 6.07) is 13.2. The Hall–Kier alpha value is -1.56. The fourth-order valence-electron chi connectivity index (χ4n) is 2.11.